The lowest BCUT2D eigenvalue weighted by Crippen LogP contribution is -2.40. The van der Waals surface area contributed by atoms with Crippen molar-refractivity contribution in [3.8, 4) is 0 Å². The summed E-state index contributed by atoms with van der Waals surface area (Å²) in [5.41, 5.74) is 3.12. The Morgan fingerprint density at radius 1 is 0.969 bits per heavy atom. The summed E-state index contributed by atoms with van der Waals surface area (Å²) in [6, 6.07) is 18.7. The van der Waals surface area contributed by atoms with Crippen LogP contribution in [-0.4, -0.2) is 20.9 Å². The van der Waals surface area contributed by atoms with Gasteiger partial charge in [0, 0.05) is 16.6 Å². The van der Waals surface area contributed by atoms with Gasteiger partial charge in [0.15, 0.2) is 0 Å². The maximum absolute atomic E-state index is 13.4. The predicted molar refractivity (Wildman–Crippen MR) is 130 cm³/mol. The molecule has 5 nitrogen and oxygen atoms in total. The van der Waals surface area contributed by atoms with E-state index in [1.807, 2.05) is 26.0 Å². The topological polar surface area (TPSA) is 66.5 Å². The minimum absolute atomic E-state index is 0.121. The van der Waals surface area contributed by atoms with Gasteiger partial charge in [-0.15, -0.1) is 0 Å². The number of sulfonamides is 1. The number of aryl methyl sites for hydroxylation is 2. The normalized spacial score (nSPS) is 11.2. The minimum atomic E-state index is -3.95. The Kier molecular flexibility index (Phi) is 7.82. The van der Waals surface area contributed by atoms with Crippen LogP contribution in [0.15, 0.2) is 71.6 Å². The summed E-state index contributed by atoms with van der Waals surface area (Å²) in [5, 5.41) is 3.67. The van der Waals surface area contributed by atoms with E-state index in [1.165, 1.54) is 0 Å². The number of hydrogen-bond donors (Lipinski definition) is 1. The number of anilines is 1. The first kappa shape index (κ1) is 24.1. The first-order valence-electron chi connectivity index (χ1n) is 10.1. The third kappa shape index (κ3) is 5.82. The van der Waals surface area contributed by atoms with Crippen molar-refractivity contribution in [3.05, 3.63) is 93.5 Å². The summed E-state index contributed by atoms with van der Waals surface area (Å²) >= 11 is 12.1. The molecule has 8 heteroatoms. The molecule has 3 aromatic carbocycles. The van der Waals surface area contributed by atoms with Crippen LogP contribution in [-0.2, 0) is 27.8 Å². The molecular weight excluding hydrogens is 467 g/mol. The van der Waals surface area contributed by atoms with E-state index in [1.54, 1.807) is 54.6 Å². The monoisotopic (exact) mass is 490 g/mol. The fourth-order valence-electron chi connectivity index (χ4n) is 3.10. The van der Waals surface area contributed by atoms with Gasteiger partial charge in [-0.05, 0) is 60.9 Å². The van der Waals surface area contributed by atoms with E-state index in [4.69, 9.17) is 23.2 Å². The van der Waals surface area contributed by atoms with Gasteiger partial charge in [-0.2, -0.15) is 0 Å². The largest absolute Gasteiger partial charge is 0.350 e. The Bertz CT molecular complexity index is 1190. The van der Waals surface area contributed by atoms with E-state index < -0.39 is 15.9 Å². The van der Waals surface area contributed by atoms with Crippen LogP contribution in [0.4, 0.5) is 5.69 Å². The Morgan fingerprint density at radius 2 is 1.62 bits per heavy atom. The molecule has 0 bridgehead atoms. The number of carbonyl (C=O) groups is 1. The lowest BCUT2D eigenvalue weighted by atomic mass is 10.1. The number of nitrogens with one attached hydrogen (secondary N) is 1. The van der Waals surface area contributed by atoms with Crippen molar-refractivity contribution in [1.82, 2.24) is 5.32 Å². The third-order valence-corrected chi connectivity index (χ3v) is 7.39. The average molecular weight is 491 g/mol. The van der Waals surface area contributed by atoms with E-state index >= 15 is 0 Å². The Hall–Kier alpha value is -2.54. The van der Waals surface area contributed by atoms with Gasteiger partial charge in [0.1, 0.15) is 6.54 Å². The molecule has 168 valence electrons. The molecule has 0 spiro atoms. The summed E-state index contributed by atoms with van der Waals surface area (Å²) in [4.78, 5) is 12.9. The van der Waals surface area contributed by atoms with Crippen molar-refractivity contribution in [3.63, 3.8) is 0 Å². The van der Waals surface area contributed by atoms with Crippen LogP contribution in [0.1, 0.15) is 23.6 Å². The molecule has 0 saturated heterocycles. The smallest absolute Gasteiger partial charge is 0.264 e. The molecule has 0 heterocycles. The summed E-state index contributed by atoms with van der Waals surface area (Å²) in [7, 11) is -3.95. The SMILES string of the molecule is CCc1ccc(N(CC(=O)NCc2ccc(Cl)cc2Cl)S(=O)(=O)c2ccc(C)cc2)cc1. The number of carbonyl (C=O) groups excluding carboxylic acids is 1. The number of rotatable bonds is 8. The van der Waals surface area contributed by atoms with Crippen molar-refractivity contribution in [2.75, 3.05) is 10.8 Å². The fraction of sp³-hybridized carbons (Fsp3) is 0.208. The molecule has 32 heavy (non-hydrogen) atoms. The van der Waals surface area contributed by atoms with Crippen LogP contribution < -0.4 is 9.62 Å². The molecule has 3 rings (SSSR count). The first-order chi connectivity index (χ1) is 15.2. The quantitative estimate of drug-likeness (QED) is 0.461. The van der Waals surface area contributed by atoms with Gasteiger partial charge in [-0.3, -0.25) is 9.10 Å². The highest BCUT2D eigenvalue weighted by molar-refractivity contribution is 7.92. The molecule has 3 aromatic rings. The summed E-state index contributed by atoms with van der Waals surface area (Å²) in [5.74, 6) is -0.453. The number of nitrogens with zero attached hydrogens (tertiary/aromatic N) is 1. The predicted octanol–water partition coefficient (Wildman–Crippen LogP) is 5.38. The lowest BCUT2D eigenvalue weighted by Gasteiger charge is -2.24. The second kappa shape index (κ2) is 10.4. The van der Waals surface area contributed by atoms with Crippen molar-refractivity contribution in [2.45, 2.75) is 31.7 Å². The highest BCUT2D eigenvalue weighted by Crippen LogP contribution is 2.25. The van der Waals surface area contributed by atoms with Crippen LogP contribution in [0.25, 0.3) is 0 Å². The maximum atomic E-state index is 13.4. The summed E-state index contributed by atoms with van der Waals surface area (Å²) in [6.07, 6.45) is 0.827. The number of halogens is 2. The standard InChI is InChI=1S/C24H24Cl2N2O3S/c1-3-18-6-10-21(11-7-18)28(32(30,31)22-12-4-17(2)5-13-22)16-24(29)27-15-19-8-9-20(25)14-23(19)26/h4-14H,3,15-16H2,1-2H3,(H,27,29). The van der Waals surface area contributed by atoms with Crippen molar-refractivity contribution >= 4 is 44.8 Å². The van der Waals surface area contributed by atoms with Gasteiger partial charge in [0.25, 0.3) is 10.0 Å². The molecule has 0 unspecified atom stereocenters. The van der Waals surface area contributed by atoms with E-state index in [2.05, 4.69) is 5.32 Å². The van der Waals surface area contributed by atoms with Crippen molar-refractivity contribution < 1.29 is 13.2 Å². The highest BCUT2D eigenvalue weighted by Gasteiger charge is 2.27. The molecule has 0 aromatic heterocycles. The number of hydrogen-bond acceptors (Lipinski definition) is 3. The molecule has 0 aliphatic heterocycles. The molecule has 0 fully saturated rings. The van der Waals surface area contributed by atoms with Gasteiger partial charge in [0.2, 0.25) is 5.91 Å². The van der Waals surface area contributed by atoms with Gasteiger partial charge in [0.05, 0.1) is 10.6 Å². The second-order valence-corrected chi connectivity index (χ2v) is 10.1. The van der Waals surface area contributed by atoms with Crippen LogP contribution in [0.2, 0.25) is 10.0 Å². The fourth-order valence-corrected chi connectivity index (χ4v) is 4.99. The highest BCUT2D eigenvalue weighted by atomic mass is 35.5. The summed E-state index contributed by atoms with van der Waals surface area (Å²) in [6.45, 7) is 3.69. The van der Waals surface area contributed by atoms with Crippen LogP contribution in [0, 0.1) is 6.92 Å². The van der Waals surface area contributed by atoms with Gasteiger partial charge in [-0.25, -0.2) is 8.42 Å². The zero-order valence-electron chi connectivity index (χ0n) is 17.8. The Balaban J connectivity index is 1.86. The molecule has 1 amide bonds. The van der Waals surface area contributed by atoms with Crippen LogP contribution in [0.3, 0.4) is 0 Å². The van der Waals surface area contributed by atoms with E-state index in [9.17, 15) is 13.2 Å². The van der Waals surface area contributed by atoms with Crippen molar-refractivity contribution in [1.29, 1.82) is 0 Å². The first-order valence-corrected chi connectivity index (χ1v) is 12.3. The maximum Gasteiger partial charge on any atom is 0.264 e. The molecular formula is C24H24Cl2N2O3S. The van der Waals surface area contributed by atoms with E-state index in [0.717, 1.165) is 21.9 Å². The van der Waals surface area contributed by atoms with E-state index in [-0.39, 0.29) is 18.0 Å². The van der Waals surface area contributed by atoms with E-state index in [0.29, 0.717) is 21.3 Å². The van der Waals surface area contributed by atoms with Crippen LogP contribution >= 0.6 is 23.2 Å². The minimum Gasteiger partial charge on any atom is -0.350 e. The molecule has 1 N–H and O–H groups in total. The number of amides is 1. The zero-order valence-corrected chi connectivity index (χ0v) is 20.1. The molecule has 0 radical (unpaired) electrons. The van der Waals surface area contributed by atoms with Gasteiger partial charge in [-0.1, -0.05) is 66.0 Å². The summed E-state index contributed by atoms with van der Waals surface area (Å²) < 4.78 is 27.9. The Labute approximate surface area is 199 Å². The second-order valence-electron chi connectivity index (χ2n) is 7.36. The third-order valence-electron chi connectivity index (χ3n) is 5.02. The van der Waals surface area contributed by atoms with Gasteiger partial charge >= 0.3 is 0 Å². The molecule has 0 aliphatic carbocycles. The van der Waals surface area contributed by atoms with Crippen molar-refractivity contribution in [2.24, 2.45) is 0 Å². The Morgan fingerprint density at radius 3 is 2.22 bits per heavy atom. The molecule has 0 saturated carbocycles. The zero-order chi connectivity index (χ0) is 23.3. The number of benzene rings is 3. The molecule has 0 atom stereocenters. The lowest BCUT2D eigenvalue weighted by molar-refractivity contribution is -0.119. The van der Waals surface area contributed by atoms with Crippen LogP contribution in [0.5, 0.6) is 0 Å². The van der Waals surface area contributed by atoms with Gasteiger partial charge < -0.3 is 5.32 Å². The molecule has 0 aliphatic rings. The average Bonchev–Trinajstić information content (AvgIpc) is 2.77.